The van der Waals surface area contributed by atoms with E-state index in [1.54, 1.807) is 6.07 Å². The summed E-state index contributed by atoms with van der Waals surface area (Å²) in [5.74, 6) is 0.281. The number of nitrogens with one attached hydrogen (secondary N) is 1. The van der Waals surface area contributed by atoms with Gasteiger partial charge in [0.05, 0.1) is 0 Å². The first-order valence-electron chi connectivity index (χ1n) is 6.40. The van der Waals surface area contributed by atoms with Gasteiger partial charge in [-0.15, -0.1) is 33.6 Å². The maximum Gasteiger partial charge on any atom is 0.586 e. The van der Waals surface area contributed by atoms with Crippen molar-refractivity contribution in [1.29, 1.82) is 0 Å². The lowest BCUT2D eigenvalue weighted by molar-refractivity contribution is -0.287. The Bertz CT molecular complexity index is 485. The summed E-state index contributed by atoms with van der Waals surface area (Å²) in [5.41, 5.74) is 0.747. The van der Waals surface area contributed by atoms with E-state index < -0.39 is 6.29 Å². The molecule has 2 aliphatic rings. The molecule has 0 aromatic heterocycles. The number of nitrogens with zero attached hydrogens (tertiary/aromatic N) is 1. The normalized spacial score (nSPS) is 21.1. The highest BCUT2D eigenvalue weighted by Gasteiger charge is 2.45. The lowest BCUT2D eigenvalue weighted by Gasteiger charge is -2.33. The molecule has 2 aliphatic heterocycles. The van der Waals surface area contributed by atoms with Gasteiger partial charge in [-0.2, -0.15) is 0 Å². The van der Waals surface area contributed by atoms with Gasteiger partial charge in [0.2, 0.25) is 0 Å². The van der Waals surface area contributed by atoms with Gasteiger partial charge < -0.3 is 14.8 Å². The van der Waals surface area contributed by atoms with Crippen LogP contribution in [0.1, 0.15) is 18.5 Å². The fourth-order valence-corrected chi connectivity index (χ4v) is 2.59. The van der Waals surface area contributed by atoms with E-state index in [4.69, 9.17) is 0 Å². The van der Waals surface area contributed by atoms with Crippen molar-refractivity contribution >= 4 is 24.8 Å². The van der Waals surface area contributed by atoms with Crippen LogP contribution in [0.25, 0.3) is 0 Å². The van der Waals surface area contributed by atoms with Crippen LogP contribution in [-0.4, -0.2) is 37.4 Å². The second kappa shape index (κ2) is 6.96. The molecule has 0 saturated carbocycles. The molecule has 4 nitrogen and oxygen atoms in total. The Kier molecular flexibility index (Phi) is 6.04. The van der Waals surface area contributed by atoms with Gasteiger partial charge in [-0.05, 0) is 13.0 Å². The highest BCUT2D eigenvalue weighted by molar-refractivity contribution is 5.85. The smallest absolute Gasteiger partial charge is 0.395 e. The minimum Gasteiger partial charge on any atom is -0.395 e. The van der Waals surface area contributed by atoms with E-state index in [9.17, 15) is 8.78 Å². The predicted molar refractivity (Wildman–Crippen MR) is 80.0 cm³/mol. The van der Waals surface area contributed by atoms with E-state index in [1.165, 1.54) is 6.07 Å². The number of hydrogen-bond acceptors (Lipinski definition) is 4. The first kappa shape index (κ1) is 18.2. The number of rotatable bonds is 2. The van der Waals surface area contributed by atoms with Gasteiger partial charge >= 0.3 is 6.29 Å². The number of halogens is 4. The van der Waals surface area contributed by atoms with Gasteiger partial charge in [-0.25, -0.2) is 0 Å². The zero-order valence-electron chi connectivity index (χ0n) is 11.5. The third-order valence-corrected chi connectivity index (χ3v) is 3.61. The Morgan fingerprint density at radius 1 is 1.19 bits per heavy atom. The SMILES string of the molecule is C[C@H](c1cccc2c1OC(F)(F)O2)N1CCNCC1.Cl.Cl. The largest absolute Gasteiger partial charge is 0.586 e. The molecule has 1 aromatic carbocycles. The number of para-hydroxylation sites is 1. The van der Waals surface area contributed by atoms with Crippen LogP contribution in [0.5, 0.6) is 11.5 Å². The molecule has 1 fully saturated rings. The average molecular weight is 343 g/mol. The van der Waals surface area contributed by atoms with E-state index in [1.807, 2.05) is 13.0 Å². The van der Waals surface area contributed by atoms with Crippen LogP contribution >= 0.6 is 24.8 Å². The van der Waals surface area contributed by atoms with Crippen LogP contribution in [0.4, 0.5) is 8.78 Å². The molecule has 0 aliphatic carbocycles. The zero-order chi connectivity index (χ0) is 13.5. The Morgan fingerprint density at radius 3 is 2.52 bits per heavy atom. The van der Waals surface area contributed by atoms with E-state index in [0.717, 1.165) is 31.7 Å². The Balaban J connectivity index is 0.00000110. The Labute approximate surface area is 134 Å². The molecule has 1 aromatic rings. The summed E-state index contributed by atoms with van der Waals surface area (Å²) >= 11 is 0. The minimum atomic E-state index is -3.55. The molecule has 0 spiro atoms. The lowest BCUT2D eigenvalue weighted by atomic mass is 10.0. The van der Waals surface area contributed by atoms with E-state index in [0.29, 0.717) is 0 Å². The standard InChI is InChI=1S/C13H16F2N2O2.2ClH/c1-9(17-7-5-16-6-8-17)10-3-2-4-11-12(10)19-13(14,15)18-11;;/h2-4,9,16H,5-8H2,1H3;2*1H/t9-;;/m1../s1. The summed E-state index contributed by atoms with van der Waals surface area (Å²) in [6.07, 6.45) is -3.55. The second-order valence-electron chi connectivity index (χ2n) is 4.80. The zero-order valence-corrected chi connectivity index (χ0v) is 13.1. The van der Waals surface area contributed by atoms with Gasteiger partial charge in [0, 0.05) is 37.8 Å². The molecule has 0 radical (unpaired) electrons. The second-order valence-corrected chi connectivity index (χ2v) is 4.80. The monoisotopic (exact) mass is 342 g/mol. The number of ether oxygens (including phenoxy) is 2. The number of piperazine rings is 1. The van der Waals surface area contributed by atoms with Crippen molar-refractivity contribution in [3.05, 3.63) is 23.8 Å². The van der Waals surface area contributed by atoms with E-state index in [-0.39, 0.29) is 42.4 Å². The van der Waals surface area contributed by atoms with Crippen LogP contribution in [0.2, 0.25) is 0 Å². The Hall–Kier alpha value is -0.820. The summed E-state index contributed by atoms with van der Waals surface area (Å²) in [6.45, 7) is 5.60. The first-order chi connectivity index (χ1) is 9.07. The molecule has 1 saturated heterocycles. The van der Waals surface area contributed by atoms with E-state index >= 15 is 0 Å². The molecule has 0 bridgehead atoms. The topological polar surface area (TPSA) is 33.7 Å². The molecule has 3 rings (SSSR count). The first-order valence-corrected chi connectivity index (χ1v) is 6.40. The molecule has 0 unspecified atom stereocenters. The van der Waals surface area contributed by atoms with Gasteiger partial charge in [-0.1, -0.05) is 12.1 Å². The van der Waals surface area contributed by atoms with Gasteiger partial charge in [0.1, 0.15) is 0 Å². The van der Waals surface area contributed by atoms with Gasteiger partial charge in [0.15, 0.2) is 11.5 Å². The van der Waals surface area contributed by atoms with Crippen molar-refractivity contribution in [1.82, 2.24) is 10.2 Å². The molecular formula is C13H18Cl2F2N2O2. The van der Waals surface area contributed by atoms with Crippen molar-refractivity contribution in [2.24, 2.45) is 0 Å². The van der Waals surface area contributed by atoms with E-state index in [2.05, 4.69) is 19.7 Å². The quantitative estimate of drug-likeness (QED) is 0.896. The van der Waals surface area contributed by atoms with Crippen LogP contribution in [0.3, 0.4) is 0 Å². The van der Waals surface area contributed by atoms with Crippen molar-refractivity contribution in [2.75, 3.05) is 26.2 Å². The van der Waals surface area contributed by atoms with Crippen LogP contribution in [0.15, 0.2) is 18.2 Å². The van der Waals surface area contributed by atoms with Gasteiger partial charge in [0.25, 0.3) is 0 Å². The molecule has 2 heterocycles. The average Bonchev–Trinajstić information content (AvgIpc) is 2.72. The molecule has 1 atom stereocenters. The third-order valence-electron chi connectivity index (χ3n) is 3.61. The minimum absolute atomic E-state index is 0. The highest BCUT2D eigenvalue weighted by Crippen LogP contribution is 2.45. The molecule has 21 heavy (non-hydrogen) atoms. The maximum absolute atomic E-state index is 13.2. The maximum atomic E-state index is 13.2. The predicted octanol–water partition coefficient (Wildman–Crippen LogP) is 2.82. The molecule has 120 valence electrons. The van der Waals surface area contributed by atoms with Crippen molar-refractivity contribution < 1.29 is 18.3 Å². The van der Waals surface area contributed by atoms with Crippen molar-refractivity contribution in [2.45, 2.75) is 19.3 Å². The fourth-order valence-electron chi connectivity index (χ4n) is 2.59. The molecule has 0 amide bonds. The van der Waals surface area contributed by atoms with Gasteiger partial charge in [-0.3, -0.25) is 4.90 Å². The number of alkyl halides is 2. The number of benzene rings is 1. The molecule has 8 heteroatoms. The number of fused-ring (bicyclic) bond motifs is 1. The summed E-state index contributed by atoms with van der Waals surface area (Å²) in [5, 5.41) is 3.27. The van der Waals surface area contributed by atoms with Crippen molar-refractivity contribution in [3.8, 4) is 11.5 Å². The van der Waals surface area contributed by atoms with Crippen LogP contribution < -0.4 is 14.8 Å². The fraction of sp³-hybridized carbons (Fsp3) is 0.538. The van der Waals surface area contributed by atoms with Crippen LogP contribution in [0, 0.1) is 0 Å². The van der Waals surface area contributed by atoms with Crippen LogP contribution in [-0.2, 0) is 0 Å². The summed E-state index contributed by atoms with van der Waals surface area (Å²) < 4.78 is 35.4. The Morgan fingerprint density at radius 2 is 1.86 bits per heavy atom. The third kappa shape index (κ3) is 3.69. The summed E-state index contributed by atoms with van der Waals surface area (Å²) in [7, 11) is 0. The molecule has 1 N–H and O–H groups in total. The highest BCUT2D eigenvalue weighted by atomic mass is 35.5. The summed E-state index contributed by atoms with van der Waals surface area (Å²) in [4.78, 5) is 2.24. The summed E-state index contributed by atoms with van der Waals surface area (Å²) in [6, 6.07) is 5.06. The molecular weight excluding hydrogens is 325 g/mol. The van der Waals surface area contributed by atoms with Crippen molar-refractivity contribution in [3.63, 3.8) is 0 Å². The number of hydrogen-bond donors (Lipinski definition) is 1. The lowest BCUT2D eigenvalue weighted by Crippen LogP contribution is -2.44.